The highest BCUT2D eigenvalue weighted by Crippen LogP contribution is 2.27. The van der Waals surface area contributed by atoms with Crippen LogP contribution in [0, 0.1) is 0 Å². The summed E-state index contributed by atoms with van der Waals surface area (Å²) in [5.74, 6) is 0.602. The summed E-state index contributed by atoms with van der Waals surface area (Å²) in [6, 6.07) is 17.7. The summed E-state index contributed by atoms with van der Waals surface area (Å²) >= 11 is 0. The van der Waals surface area contributed by atoms with Crippen LogP contribution in [0.2, 0.25) is 0 Å². The van der Waals surface area contributed by atoms with Gasteiger partial charge in [0, 0.05) is 6.54 Å². The van der Waals surface area contributed by atoms with E-state index >= 15 is 0 Å². The van der Waals surface area contributed by atoms with Gasteiger partial charge >= 0.3 is 0 Å². The third kappa shape index (κ3) is 4.38. The minimum Gasteiger partial charge on any atom is -0.495 e. The van der Waals surface area contributed by atoms with Gasteiger partial charge in [0.25, 0.3) is 0 Å². The van der Waals surface area contributed by atoms with E-state index in [0.717, 1.165) is 6.54 Å². The molecule has 2 aromatic carbocycles. The van der Waals surface area contributed by atoms with Gasteiger partial charge in [-0.25, -0.2) is 0 Å². The van der Waals surface area contributed by atoms with Crippen molar-refractivity contribution in [2.75, 3.05) is 32.1 Å². The Bertz CT molecular complexity index is 705. The fourth-order valence-electron chi connectivity index (χ4n) is 3.15. The SMILES string of the molecule is COc1ccccc1NC(=O)CN1C[C@@H](C)OC[C@H]1c1ccccc1. The molecule has 5 nitrogen and oxygen atoms in total. The van der Waals surface area contributed by atoms with Crippen LogP contribution in [0.15, 0.2) is 54.6 Å². The molecular weight excluding hydrogens is 316 g/mol. The average Bonchev–Trinajstić information content (AvgIpc) is 2.63. The second-order valence-electron chi connectivity index (χ2n) is 6.25. The van der Waals surface area contributed by atoms with Gasteiger partial charge in [0.15, 0.2) is 0 Å². The molecular formula is C20H24N2O3. The van der Waals surface area contributed by atoms with E-state index < -0.39 is 0 Å². The number of morpholine rings is 1. The zero-order valence-corrected chi connectivity index (χ0v) is 14.6. The first-order valence-electron chi connectivity index (χ1n) is 8.51. The van der Waals surface area contributed by atoms with Crippen LogP contribution in [0.4, 0.5) is 5.69 Å². The van der Waals surface area contributed by atoms with Crippen molar-refractivity contribution in [3.8, 4) is 5.75 Å². The number of ether oxygens (including phenoxy) is 2. The molecule has 1 saturated heterocycles. The lowest BCUT2D eigenvalue weighted by molar-refractivity contribution is -0.121. The molecule has 1 fully saturated rings. The molecule has 0 saturated carbocycles. The van der Waals surface area contributed by atoms with Crippen LogP contribution in [0.25, 0.3) is 0 Å². The van der Waals surface area contributed by atoms with Crippen LogP contribution in [-0.4, -0.2) is 43.7 Å². The predicted octanol–water partition coefficient (Wildman–Crippen LogP) is 3.10. The maximum atomic E-state index is 12.6. The minimum atomic E-state index is -0.0560. The number of rotatable bonds is 5. The van der Waals surface area contributed by atoms with Crippen molar-refractivity contribution < 1.29 is 14.3 Å². The quantitative estimate of drug-likeness (QED) is 0.909. The Morgan fingerprint density at radius 3 is 2.68 bits per heavy atom. The average molecular weight is 340 g/mol. The number of amides is 1. The topological polar surface area (TPSA) is 50.8 Å². The van der Waals surface area contributed by atoms with Gasteiger partial charge < -0.3 is 14.8 Å². The summed E-state index contributed by atoms with van der Waals surface area (Å²) in [6.07, 6.45) is 0.110. The van der Waals surface area contributed by atoms with E-state index in [0.29, 0.717) is 24.6 Å². The van der Waals surface area contributed by atoms with Gasteiger partial charge in [-0.1, -0.05) is 42.5 Å². The highest BCUT2D eigenvalue weighted by molar-refractivity contribution is 5.93. The summed E-state index contributed by atoms with van der Waals surface area (Å²) in [6.45, 7) is 3.66. The molecule has 0 bridgehead atoms. The Balaban J connectivity index is 1.71. The second-order valence-corrected chi connectivity index (χ2v) is 6.25. The van der Waals surface area contributed by atoms with E-state index in [9.17, 15) is 4.79 Å². The third-order valence-electron chi connectivity index (χ3n) is 4.38. The molecule has 1 aliphatic rings. The molecule has 0 spiro atoms. The van der Waals surface area contributed by atoms with Crippen molar-refractivity contribution >= 4 is 11.6 Å². The lowest BCUT2D eigenvalue weighted by atomic mass is 10.0. The standard InChI is InChI=1S/C20H24N2O3/c1-15-12-22(18(14-25-15)16-8-4-3-5-9-16)13-20(23)21-17-10-6-7-11-19(17)24-2/h3-11,15,18H,12-14H2,1-2H3,(H,21,23)/t15-,18+/m1/s1. The Morgan fingerprint density at radius 2 is 1.92 bits per heavy atom. The van der Waals surface area contributed by atoms with Crippen LogP contribution in [0.3, 0.4) is 0 Å². The zero-order chi connectivity index (χ0) is 17.6. The van der Waals surface area contributed by atoms with Crippen molar-refractivity contribution in [1.82, 2.24) is 4.90 Å². The molecule has 5 heteroatoms. The van der Waals surface area contributed by atoms with Gasteiger partial charge in [-0.2, -0.15) is 0 Å². The number of nitrogens with zero attached hydrogens (tertiary/aromatic N) is 1. The Kier molecular flexibility index (Phi) is 5.68. The fraction of sp³-hybridized carbons (Fsp3) is 0.350. The monoisotopic (exact) mass is 340 g/mol. The number of anilines is 1. The Labute approximate surface area is 148 Å². The maximum Gasteiger partial charge on any atom is 0.238 e. The molecule has 0 unspecified atom stereocenters. The maximum absolute atomic E-state index is 12.6. The molecule has 1 aliphatic heterocycles. The number of methoxy groups -OCH3 is 1. The molecule has 2 atom stereocenters. The van der Waals surface area contributed by atoms with Crippen LogP contribution in [-0.2, 0) is 9.53 Å². The third-order valence-corrected chi connectivity index (χ3v) is 4.38. The first-order valence-corrected chi connectivity index (χ1v) is 8.51. The number of hydrogen-bond acceptors (Lipinski definition) is 4. The molecule has 0 aliphatic carbocycles. The number of benzene rings is 2. The van der Waals surface area contributed by atoms with Crippen molar-refractivity contribution in [3.05, 3.63) is 60.2 Å². The summed E-state index contributed by atoms with van der Waals surface area (Å²) in [7, 11) is 1.60. The Hall–Kier alpha value is -2.37. The molecule has 0 radical (unpaired) electrons. The first kappa shape index (κ1) is 17.5. The van der Waals surface area contributed by atoms with Gasteiger partial charge in [-0.15, -0.1) is 0 Å². The normalized spacial score (nSPS) is 20.9. The number of hydrogen-bond donors (Lipinski definition) is 1. The lowest BCUT2D eigenvalue weighted by Crippen LogP contribution is -2.46. The van der Waals surface area contributed by atoms with E-state index in [2.05, 4.69) is 22.3 Å². The molecule has 1 N–H and O–H groups in total. The summed E-state index contributed by atoms with van der Waals surface area (Å²) in [4.78, 5) is 14.8. The highest BCUT2D eigenvalue weighted by Gasteiger charge is 2.29. The number of carbonyl (C=O) groups is 1. The van der Waals surface area contributed by atoms with Crippen molar-refractivity contribution in [2.24, 2.45) is 0 Å². The highest BCUT2D eigenvalue weighted by atomic mass is 16.5. The largest absolute Gasteiger partial charge is 0.495 e. The number of nitrogens with one attached hydrogen (secondary N) is 1. The van der Waals surface area contributed by atoms with Gasteiger partial charge in [-0.05, 0) is 24.6 Å². The second kappa shape index (κ2) is 8.14. The van der Waals surface area contributed by atoms with Crippen LogP contribution >= 0.6 is 0 Å². The van der Waals surface area contributed by atoms with E-state index in [1.807, 2.05) is 49.4 Å². The van der Waals surface area contributed by atoms with E-state index in [1.165, 1.54) is 5.56 Å². The fourth-order valence-corrected chi connectivity index (χ4v) is 3.15. The van der Waals surface area contributed by atoms with E-state index in [4.69, 9.17) is 9.47 Å². The summed E-state index contributed by atoms with van der Waals surface area (Å²) in [5, 5.41) is 2.95. The van der Waals surface area contributed by atoms with Crippen molar-refractivity contribution in [1.29, 1.82) is 0 Å². The van der Waals surface area contributed by atoms with E-state index in [1.54, 1.807) is 7.11 Å². The summed E-state index contributed by atoms with van der Waals surface area (Å²) in [5.41, 5.74) is 1.85. The molecule has 0 aromatic heterocycles. The van der Waals surface area contributed by atoms with Crippen molar-refractivity contribution in [2.45, 2.75) is 19.1 Å². The van der Waals surface area contributed by atoms with Gasteiger partial charge in [-0.3, -0.25) is 9.69 Å². The first-order chi connectivity index (χ1) is 12.2. The summed E-state index contributed by atoms with van der Waals surface area (Å²) < 4.78 is 11.1. The van der Waals surface area contributed by atoms with Crippen molar-refractivity contribution in [3.63, 3.8) is 0 Å². The molecule has 1 amide bonds. The van der Waals surface area contributed by atoms with Gasteiger partial charge in [0.05, 0.1) is 38.1 Å². The van der Waals surface area contributed by atoms with Crippen LogP contribution < -0.4 is 10.1 Å². The number of carbonyl (C=O) groups excluding carboxylic acids is 1. The van der Waals surface area contributed by atoms with Gasteiger partial charge in [0.1, 0.15) is 5.75 Å². The zero-order valence-electron chi connectivity index (χ0n) is 14.6. The molecule has 132 valence electrons. The minimum absolute atomic E-state index is 0.0560. The number of para-hydroxylation sites is 2. The molecule has 25 heavy (non-hydrogen) atoms. The smallest absolute Gasteiger partial charge is 0.238 e. The van der Waals surface area contributed by atoms with E-state index in [-0.39, 0.29) is 18.1 Å². The Morgan fingerprint density at radius 1 is 1.20 bits per heavy atom. The molecule has 2 aromatic rings. The van der Waals surface area contributed by atoms with Crippen LogP contribution in [0.1, 0.15) is 18.5 Å². The predicted molar refractivity (Wildman–Crippen MR) is 97.8 cm³/mol. The molecule has 3 rings (SSSR count). The van der Waals surface area contributed by atoms with Crippen LogP contribution in [0.5, 0.6) is 5.75 Å². The van der Waals surface area contributed by atoms with Gasteiger partial charge in [0.2, 0.25) is 5.91 Å². The lowest BCUT2D eigenvalue weighted by Gasteiger charge is -2.38. The molecule has 1 heterocycles.